The Hall–Kier alpha value is -2.69. The summed E-state index contributed by atoms with van der Waals surface area (Å²) in [5.41, 5.74) is 3.30. The number of hydrogen-bond acceptors (Lipinski definition) is 3. The fraction of sp³-hybridized carbons (Fsp3) is 0.278. The van der Waals surface area contributed by atoms with Crippen molar-refractivity contribution in [1.29, 1.82) is 0 Å². The van der Waals surface area contributed by atoms with E-state index in [2.05, 4.69) is 30.4 Å². The van der Waals surface area contributed by atoms with Crippen LogP contribution in [0.5, 0.6) is 0 Å². The third kappa shape index (κ3) is 4.64. The zero-order valence-electron chi connectivity index (χ0n) is 13.3. The Morgan fingerprint density at radius 1 is 1.17 bits per heavy atom. The molecule has 0 atom stereocenters. The van der Waals surface area contributed by atoms with Crippen LogP contribution in [-0.2, 0) is 6.42 Å². The van der Waals surface area contributed by atoms with Gasteiger partial charge in [-0.15, -0.1) is 0 Å². The van der Waals surface area contributed by atoms with Gasteiger partial charge in [0, 0.05) is 23.7 Å². The van der Waals surface area contributed by atoms with E-state index in [1.807, 2.05) is 6.07 Å². The number of nitro groups is 1. The molecular weight excluding hydrogens is 292 g/mol. The van der Waals surface area contributed by atoms with Crippen LogP contribution in [0.4, 0.5) is 5.69 Å². The Bertz CT molecular complexity index is 726. The topological polar surface area (TPSA) is 72.2 Å². The zero-order valence-corrected chi connectivity index (χ0v) is 13.3. The molecule has 2 aromatic rings. The quantitative estimate of drug-likeness (QED) is 0.503. The lowest BCUT2D eigenvalue weighted by Gasteiger charge is -2.07. The summed E-state index contributed by atoms with van der Waals surface area (Å²) in [7, 11) is 0. The van der Waals surface area contributed by atoms with E-state index in [0.29, 0.717) is 17.7 Å². The number of hydrogen-bond donors (Lipinski definition) is 1. The first-order valence-electron chi connectivity index (χ1n) is 7.56. The van der Waals surface area contributed by atoms with Crippen LogP contribution in [0.3, 0.4) is 0 Å². The van der Waals surface area contributed by atoms with Crippen molar-refractivity contribution in [1.82, 2.24) is 5.32 Å². The Balaban J connectivity index is 1.88. The minimum Gasteiger partial charge on any atom is -0.352 e. The molecule has 0 saturated heterocycles. The summed E-state index contributed by atoms with van der Waals surface area (Å²) in [5, 5.41) is 13.7. The SMILES string of the molecule is Cc1cccc(CCCNC(=O)c2ccc(C)c([N+](=O)[O-])c2)c1. The highest BCUT2D eigenvalue weighted by Gasteiger charge is 2.14. The predicted octanol–water partition coefficient (Wildman–Crippen LogP) is 3.57. The normalized spacial score (nSPS) is 10.3. The summed E-state index contributed by atoms with van der Waals surface area (Å²) in [6, 6.07) is 12.8. The Kier molecular flexibility index (Phi) is 5.46. The van der Waals surface area contributed by atoms with Gasteiger partial charge in [-0.25, -0.2) is 0 Å². The Labute approximate surface area is 135 Å². The van der Waals surface area contributed by atoms with Crippen molar-refractivity contribution >= 4 is 11.6 Å². The maximum Gasteiger partial charge on any atom is 0.273 e. The average molecular weight is 312 g/mol. The second kappa shape index (κ2) is 7.54. The van der Waals surface area contributed by atoms with Crippen molar-refractivity contribution in [2.75, 3.05) is 6.54 Å². The van der Waals surface area contributed by atoms with Gasteiger partial charge in [0.25, 0.3) is 11.6 Å². The lowest BCUT2D eigenvalue weighted by molar-refractivity contribution is -0.385. The van der Waals surface area contributed by atoms with E-state index in [1.54, 1.807) is 19.1 Å². The van der Waals surface area contributed by atoms with Crippen LogP contribution in [0, 0.1) is 24.0 Å². The molecule has 0 fully saturated rings. The fourth-order valence-electron chi connectivity index (χ4n) is 2.41. The van der Waals surface area contributed by atoms with E-state index in [9.17, 15) is 14.9 Å². The van der Waals surface area contributed by atoms with Crippen LogP contribution in [0.15, 0.2) is 42.5 Å². The van der Waals surface area contributed by atoms with E-state index in [1.165, 1.54) is 17.2 Å². The molecule has 0 spiro atoms. The zero-order chi connectivity index (χ0) is 16.8. The van der Waals surface area contributed by atoms with Gasteiger partial charge in [-0.2, -0.15) is 0 Å². The van der Waals surface area contributed by atoms with Gasteiger partial charge in [0.2, 0.25) is 0 Å². The molecular formula is C18H20N2O3. The molecule has 0 bridgehead atoms. The summed E-state index contributed by atoms with van der Waals surface area (Å²) < 4.78 is 0. The number of aryl methyl sites for hydroxylation is 3. The first kappa shape index (κ1) is 16.7. The van der Waals surface area contributed by atoms with E-state index >= 15 is 0 Å². The third-order valence-electron chi connectivity index (χ3n) is 3.68. The highest BCUT2D eigenvalue weighted by Crippen LogP contribution is 2.19. The molecule has 120 valence electrons. The molecule has 0 aliphatic heterocycles. The van der Waals surface area contributed by atoms with Gasteiger partial charge in [-0.05, 0) is 38.3 Å². The van der Waals surface area contributed by atoms with Crippen LogP contribution in [0.1, 0.15) is 33.5 Å². The Morgan fingerprint density at radius 2 is 1.96 bits per heavy atom. The first-order chi connectivity index (χ1) is 11.0. The molecule has 0 aromatic heterocycles. The second-order valence-corrected chi connectivity index (χ2v) is 5.61. The molecule has 1 amide bonds. The van der Waals surface area contributed by atoms with Gasteiger partial charge in [0.15, 0.2) is 0 Å². The number of amides is 1. The number of carbonyl (C=O) groups excluding carboxylic acids is 1. The Morgan fingerprint density at radius 3 is 2.65 bits per heavy atom. The second-order valence-electron chi connectivity index (χ2n) is 5.61. The van der Waals surface area contributed by atoms with Crippen LogP contribution in [-0.4, -0.2) is 17.4 Å². The molecule has 0 saturated carbocycles. The molecule has 2 rings (SSSR count). The molecule has 2 aromatic carbocycles. The molecule has 5 heteroatoms. The number of nitrogens with one attached hydrogen (secondary N) is 1. The summed E-state index contributed by atoms with van der Waals surface area (Å²) in [6.07, 6.45) is 1.71. The van der Waals surface area contributed by atoms with E-state index < -0.39 is 4.92 Å². The maximum absolute atomic E-state index is 12.1. The van der Waals surface area contributed by atoms with Crippen molar-refractivity contribution in [3.05, 3.63) is 74.8 Å². The van der Waals surface area contributed by atoms with E-state index in [0.717, 1.165) is 12.8 Å². The molecule has 5 nitrogen and oxygen atoms in total. The number of carbonyl (C=O) groups is 1. The van der Waals surface area contributed by atoms with Crippen LogP contribution < -0.4 is 5.32 Å². The van der Waals surface area contributed by atoms with Crippen molar-refractivity contribution in [2.24, 2.45) is 0 Å². The first-order valence-corrected chi connectivity index (χ1v) is 7.56. The number of nitrogens with zero attached hydrogens (tertiary/aromatic N) is 1. The molecule has 0 heterocycles. The highest BCUT2D eigenvalue weighted by molar-refractivity contribution is 5.94. The van der Waals surface area contributed by atoms with Gasteiger partial charge < -0.3 is 5.32 Å². The predicted molar refractivity (Wildman–Crippen MR) is 89.7 cm³/mol. The van der Waals surface area contributed by atoms with Gasteiger partial charge in [-0.1, -0.05) is 35.9 Å². The van der Waals surface area contributed by atoms with Crippen LogP contribution in [0.2, 0.25) is 0 Å². The van der Waals surface area contributed by atoms with E-state index in [-0.39, 0.29) is 11.6 Å². The van der Waals surface area contributed by atoms with Crippen molar-refractivity contribution in [3.63, 3.8) is 0 Å². The molecule has 0 radical (unpaired) electrons. The van der Waals surface area contributed by atoms with Crippen molar-refractivity contribution < 1.29 is 9.72 Å². The maximum atomic E-state index is 12.1. The number of rotatable bonds is 6. The third-order valence-corrected chi connectivity index (χ3v) is 3.68. The summed E-state index contributed by atoms with van der Waals surface area (Å²) in [6.45, 7) is 4.24. The van der Waals surface area contributed by atoms with Crippen molar-refractivity contribution in [2.45, 2.75) is 26.7 Å². The molecule has 0 unspecified atom stereocenters. The van der Waals surface area contributed by atoms with Gasteiger partial charge >= 0.3 is 0 Å². The van der Waals surface area contributed by atoms with Crippen LogP contribution in [0.25, 0.3) is 0 Å². The largest absolute Gasteiger partial charge is 0.352 e. The van der Waals surface area contributed by atoms with Crippen molar-refractivity contribution in [3.8, 4) is 0 Å². The lowest BCUT2D eigenvalue weighted by atomic mass is 10.1. The smallest absolute Gasteiger partial charge is 0.273 e. The van der Waals surface area contributed by atoms with Crippen LogP contribution >= 0.6 is 0 Å². The summed E-state index contributed by atoms with van der Waals surface area (Å²) >= 11 is 0. The van der Waals surface area contributed by atoms with E-state index in [4.69, 9.17) is 0 Å². The minimum absolute atomic E-state index is 0.0302. The number of benzene rings is 2. The highest BCUT2D eigenvalue weighted by atomic mass is 16.6. The summed E-state index contributed by atoms with van der Waals surface area (Å²) in [4.78, 5) is 22.5. The molecule has 0 aliphatic rings. The average Bonchev–Trinajstić information content (AvgIpc) is 2.51. The minimum atomic E-state index is -0.468. The van der Waals surface area contributed by atoms with Gasteiger partial charge in [-0.3, -0.25) is 14.9 Å². The molecule has 0 aliphatic carbocycles. The van der Waals surface area contributed by atoms with Gasteiger partial charge in [0.1, 0.15) is 0 Å². The summed E-state index contributed by atoms with van der Waals surface area (Å²) in [5.74, 6) is -0.280. The molecule has 23 heavy (non-hydrogen) atoms. The van der Waals surface area contributed by atoms with Gasteiger partial charge in [0.05, 0.1) is 4.92 Å². The lowest BCUT2D eigenvalue weighted by Crippen LogP contribution is -2.24. The monoisotopic (exact) mass is 312 g/mol. The standard InChI is InChI=1S/C18H20N2O3/c1-13-5-3-6-15(11-13)7-4-10-19-18(21)16-9-8-14(2)17(12-16)20(22)23/h3,5-6,8-9,11-12H,4,7,10H2,1-2H3,(H,19,21). The number of nitro benzene ring substituents is 1. The fourth-order valence-corrected chi connectivity index (χ4v) is 2.41. The molecule has 1 N–H and O–H groups in total.